The van der Waals surface area contributed by atoms with Gasteiger partial charge in [-0.2, -0.15) is 0 Å². The lowest BCUT2D eigenvalue weighted by Crippen LogP contribution is -2.50. The van der Waals surface area contributed by atoms with Crippen molar-refractivity contribution in [2.45, 2.75) is 58.3 Å². The van der Waals surface area contributed by atoms with Gasteiger partial charge in [-0.3, -0.25) is 0 Å². The highest BCUT2D eigenvalue weighted by Gasteiger charge is 2.65. The van der Waals surface area contributed by atoms with Crippen LogP contribution in [-0.4, -0.2) is 22.9 Å². The maximum atomic E-state index is 10.7. The summed E-state index contributed by atoms with van der Waals surface area (Å²) >= 11 is 0. The second-order valence-corrected chi connectivity index (χ2v) is 6.75. The number of epoxide rings is 1. The molecule has 1 N–H and O–H groups in total. The van der Waals surface area contributed by atoms with Gasteiger partial charge in [0.2, 0.25) is 0 Å². The highest BCUT2D eigenvalue weighted by Crippen LogP contribution is 2.57. The molecule has 0 aromatic heterocycles. The Morgan fingerprint density at radius 2 is 2.18 bits per heavy atom. The summed E-state index contributed by atoms with van der Waals surface area (Å²) in [6.45, 7) is 8.88. The average molecular weight is 236 g/mol. The van der Waals surface area contributed by atoms with E-state index in [0.29, 0.717) is 29.8 Å². The normalized spacial score (nSPS) is 52.8. The van der Waals surface area contributed by atoms with E-state index in [0.717, 1.165) is 12.8 Å². The predicted molar refractivity (Wildman–Crippen MR) is 67.6 cm³/mol. The van der Waals surface area contributed by atoms with Crippen molar-refractivity contribution in [1.82, 2.24) is 0 Å². The van der Waals surface area contributed by atoms with Crippen LogP contribution in [0, 0.1) is 23.7 Å². The molecule has 0 amide bonds. The molecule has 17 heavy (non-hydrogen) atoms. The van der Waals surface area contributed by atoms with Gasteiger partial charge in [-0.15, -0.1) is 0 Å². The molecule has 6 atom stereocenters. The van der Waals surface area contributed by atoms with Crippen LogP contribution in [0.4, 0.5) is 0 Å². The van der Waals surface area contributed by atoms with Gasteiger partial charge >= 0.3 is 0 Å². The lowest BCUT2D eigenvalue weighted by molar-refractivity contribution is -0.0310. The Labute approximate surface area is 104 Å². The quantitative estimate of drug-likeness (QED) is 0.561. The zero-order chi connectivity index (χ0) is 12.4. The third-order valence-corrected chi connectivity index (χ3v) is 5.51. The lowest BCUT2D eigenvalue weighted by Gasteiger charge is -2.45. The van der Waals surface area contributed by atoms with Gasteiger partial charge in [0, 0.05) is 0 Å². The molecule has 2 aliphatic carbocycles. The van der Waals surface area contributed by atoms with Crippen molar-refractivity contribution in [3.8, 4) is 0 Å². The van der Waals surface area contributed by atoms with Crippen LogP contribution < -0.4 is 0 Å². The van der Waals surface area contributed by atoms with Crippen molar-refractivity contribution in [2.24, 2.45) is 23.7 Å². The van der Waals surface area contributed by atoms with Crippen LogP contribution in [0.1, 0.15) is 40.5 Å². The number of hydrogen-bond acceptors (Lipinski definition) is 2. The molecule has 2 fully saturated rings. The Hall–Kier alpha value is -0.340. The number of fused-ring (bicyclic) bond motifs is 2. The van der Waals surface area contributed by atoms with Crippen LogP contribution in [0.25, 0.3) is 0 Å². The second kappa shape index (κ2) is 3.58. The first-order valence-corrected chi connectivity index (χ1v) is 6.97. The van der Waals surface area contributed by atoms with E-state index in [9.17, 15) is 5.11 Å². The molecule has 2 heteroatoms. The number of aliphatic hydroxyl groups is 1. The Bertz CT molecular complexity index is 360. The lowest BCUT2D eigenvalue weighted by atomic mass is 9.59. The van der Waals surface area contributed by atoms with Crippen LogP contribution in [0.15, 0.2) is 11.6 Å². The summed E-state index contributed by atoms with van der Waals surface area (Å²) in [5.41, 5.74) is 1.25. The van der Waals surface area contributed by atoms with Crippen LogP contribution in [-0.2, 0) is 4.74 Å². The molecule has 3 rings (SSSR count). The van der Waals surface area contributed by atoms with E-state index in [1.54, 1.807) is 0 Å². The SMILES string of the molecule is CC1=CC[C@@H](C(C)C)C2[C@H]1C[C@H]1O[C@@]1(C)[C@H]2O. The Balaban J connectivity index is 1.94. The molecule has 3 aliphatic rings. The van der Waals surface area contributed by atoms with E-state index in [-0.39, 0.29) is 11.7 Å². The van der Waals surface area contributed by atoms with E-state index < -0.39 is 0 Å². The van der Waals surface area contributed by atoms with Gasteiger partial charge in [0.05, 0.1) is 12.2 Å². The molecule has 1 unspecified atom stereocenters. The molecular weight excluding hydrogens is 212 g/mol. The first kappa shape index (κ1) is 11.7. The summed E-state index contributed by atoms with van der Waals surface area (Å²) in [5, 5.41) is 10.7. The van der Waals surface area contributed by atoms with Gasteiger partial charge in [0.25, 0.3) is 0 Å². The van der Waals surface area contributed by atoms with Crippen molar-refractivity contribution in [1.29, 1.82) is 0 Å². The van der Waals surface area contributed by atoms with Gasteiger partial charge < -0.3 is 9.84 Å². The summed E-state index contributed by atoms with van der Waals surface area (Å²) in [6, 6.07) is 0. The van der Waals surface area contributed by atoms with Crippen LogP contribution in [0.3, 0.4) is 0 Å². The minimum Gasteiger partial charge on any atom is -0.390 e. The first-order valence-electron chi connectivity index (χ1n) is 6.97. The number of aliphatic hydroxyl groups excluding tert-OH is 1. The molecule has 96 valence electrons. The molecule has 0 aromatic carbocycles. The maximum Gasteiger partial charge on any atom is 0.118 e. The van der Waals surface area contributed by atoms with Crippen molar-refractivity contribution in [3.63, 3.8) is 0 Å². The monoisotopic (exact) mass is 236 g/mol. The standard InChI is InChI=1S/C15H24O2/c1-8(2)10-6-5-9(3)11-7-12-15(4,17-12)14(16)13(10)11/h5,8,10-14,16H,6-7H2,1-4H3/t10-,11-,12+,13?,14-,15+/m0/s1. The minimum absolute atomic E-state index is 0.230. The van der Waals surface area contributed by atoms with Crippen molar-refractivity contribution >= 4 is 0 Å². The fraction of sp³-hybridized carbons (Fsp3) is 0.867. The van der Waals surface area contributed by atoms with E-state index >= 15 is 0 Å². The van der Waals surface area contributed by atoms with E-state index in [2.05, 4.69) is 33.8 Å². The molecular formula is C15H24O2. The Morgan fingerprint density at radius 3 is 2.82 bits per heavy atom. The van der Waals surface area contributed by atoms with Crippen molar-refractivity contribution in [3.05, 3.63) is 11.6 Å². The van der Waals surface area contributed by atoms with Gasteiger partial charge in [-0.25, -0.2) is 0 Å². The summed E-state index contributed by atoms with van der Waals surface area (Å²) in [5.74, 6) is 2.21. The Kier molecular flexibility index (Phi) is 2.47. The van der Waals surface area contributed by atoms with Crippen LogP contribution >= 0.6 is 0 Å². The number of hydrogen-bond donors (Lipinski definition) is 1. The highest BCUT2D eigenvalue weighted by atomic mass is 16.6. The van der Waals surface area contributed by atoms with Crippen LogP contribution in [0.2, 0.25) is 0 Å². The van der Waals surface area contributed by atoms with Crippen molar-refractivity contribution in [2.75, 3.05) is 0 Å². The fourth-order valence-electron chi connectivity index (χ4n) is 4.17. The molecule has 1 aliphatic heterocycles. The number of ether oxygens (including phenoxy) is 1. The van der Waals surface area contributed by atoms with Crippen molar-refractivity contribution < 1.29 is 9.84 Å². The molecule has 0 aromatic rings. The Morgan fingerprint density at radius 1 is 1.47 bits per heavy atom. The first-order chi connectivity index (χ1) is 7.95. The third-order valence-electron chi connectivity index (χ3n) is 5.51. The van der Waals surface area contributed by atoms with E-state index in [4.69, 9.17) is 4.74 Å². The molecule has 0 radical (unpaired) electrons. The van der Waals surface area contributed by atoms with Gasteiger partial charge in [0.15, 0.2) is 0 Å². The average Bonchev–Trinajstić information content (AvgIpc) is 2.93. The second-order valence-electron chi connectivity index (χ2n) is 6.75. The minimum atomic E-state index is -0.276. The van der Waals surface area contributed by atoms with E-state index in [1.165, 1.54) is 5.57 Å². The maximum absolute atomic E-state index is 10.7. The van der Waals surface area contributed by atoms with E-state index in [1.807, 2.05) is 0 Å². The number of allylic oxidation sites excluding steroid dienone is 2. The summed E-state index contributed by atoms with van der Waals surface area (Å²) < 4.78 is 5.77. The molecule has 1 heterocycles. The van der Waals surface area contributed by atoms with Gasteiger partial charge in [-0.1, -0.05) is 25.5 Å². The zero-order valence-corrected chi connectivity index (χ0v) is 11.3. The zero-order valence-electron chi connectivity index (χ0n) is 11.3. The van der Waals surface area contributed by atoms with Gasteiger partial charge in [0.1, 0.15) is 5.60 Å². The molecule has 0 bridgehead atoms. The molecule has 0 spiro atoms. The van der Waals surface area contributed by atoms with Gasteiger partial charge in [-0.05, 0) is 50.4 Å². The third kappa shape index (κ3) is 1.53. The fourth-order valence-corrected chi connectivity index (χ4v) is 4.17. The topological polar surface area (TPSA) is 32.8 Å². The molecule has 2 nitrogen and oxygen atoms in total. The molecule has 1 saturated carbocycles. The summed E-state index contributed by atoms with van der Waals surface area (Å²) in [7, 11) is 0. The largest absolute Gasteiger partial charge is 0.390 e. The smallest absolute Gasteiger partial charge is 0.118 e. The molecule has 1 saturated heterocycles. The highest BCUT2D eigenvalue weighted by molar-refractivity contribution is 5.22. The predicted octanol–water partition coefficient (Wildman–Crippen LogP) is 2.76. The van der Waals surface area contributed by atoms with Crippen LogP contribution in [0.5, 0.6) is 0 Å². The summed E-state index contributed by atoms with van der Waals surface area (Å²) in [4.78, 5) is 0. The number of rotatable bonds is 1. The summed E-state index contributed by atoms with van der Waals surface area (Å²) in [6.07, 6.45) is 4.66.